The third kappa shape index (κ3) is 6.58. The summed E-state index contributed by atoms with van der Waals surface area (Å²) in [6.45, 7) is 3.24. The molecule has 2 aromatic rings. The van der Waals surface area contributed by atoms with Crippen molar-refractivity contribution in [3.63, 3.8) is 0 Å². The first kappa shape index (κ1) is 26.4. The lowest BCUT2D eigenvalue weighted by atomic mass is 9.90. The summed E-state index contributed by atoms with van der Waals surface area (Å²) in [7, 11) is 4.51. The summed E-state index contributed by atoms with van der Waals surface area (Å²) >= 11 is 0. The van der Waals surface area contributed by atoms with Gasteiger partial charge in [-0.25, -0.2) is 4.79 Å². The Hall–Kier alpha value is -2.84. The van der Waals surface area contributed by atoms with Crippen LogP contribution < -0.4 is 31.5 Å². The van der Waals surface area contributed by atoms with E-state index in [0.29, 0.717) is 35.3 Å². The van der Waals surface area contributed by atoms with Crippen molar-refractivity contribution in [2.45, 2.75) is 25.2 Å². The van der Waals surface area contributed by atoms with E-state index in [1.165, 1.54) is 26.2 Å². The number of rotatable bonds is 9. The maximum absolute atomic E-state index is 12.5. The molecule has 3 rings (SSSR count). The second kappa shape index (κ2) is 12.4. The van der Waals surface area contributed by atoms with Crippen LogP contribution in [0.3, 0.4) is 0 Å². The average Bonchev–Trinajstić information content (AvgIpc) is 2.82. The average molecular weight is 482 g/mol. The summed E-state index contributed by atoms with van der Waals surface area (Å²) in [6.07, 6.45) is 2.90. The molecule has 0 saturated carbocycles. The van der Waals surface area contributed by atoms with Crippen LogP contribution in [0.25, 0.3) is 0 Å². The molecule has 182 valence electrons. The first-order valence-electron chi connectivity index (χ1n) is 10.8. The number of nitrogens with one attached hydrogen (secondary N) is 1. The van der Waals surface area contributed by atoms with Gasteiger partial charge in [-0.2, -0.15) is 0 Å². The van der Waals surface area contributed by atoms with Crippen LogP contribution in [-0.4, -0.2) is 63.8 Å². The molecule has 0 spiro atoms. The van der Waals surface area contributed by atoms with Gasteiger partial charge in [0.2, 0.25) is 5.75 Å². The van der Waals surface area contributed by atoms with Crippen LogP contribution in [0.1, 0.15) is 41.1 Å². The van der Waals surface area contributed by atoms with Crippen molar-refractivity contribution >= 4 is 5.97 Å². The number of piperidine rings is 1. The van der Waals surface area contributed by atoms with Gasteiger partial charge in [-0.05, 0) is 42.7 Å². The van der Waals surface area contributed by atoms with Gasteiger partial charge in [0.25, 0.3) is 0 Å². The molecule has 1 aliphatic heterocycles. The van der Waals surface area contributed by atoms with Crippen molar-refractivity contribution in [2.24, 2.45) is 0 Å². The van der Waals surface area contributed by atoms with Crippen LogP contribution in [0, 0.1) is 0 Å². The lowest BCUT2D eigenvalue weighted by Gasteiger charge is -2.30. The SMILES string of the molecule is COc1cc(C(=O)OCCC[NH+]2CCCC(c3ccc(O)c(O)c3)C2)cc(OC)c1OC.[Cl-]. The number of ether oxygens (including phenoxy) is 4. The van der Waals surface area contributed by atoms with Crippen LogP contribution in [0.2, 0.25) is 0 Å². The minimum Gasteiger partial charge on any atom is -1.00 e. The zero-order valence-electron chi connectivity index (χ0n) is 19.2. The van der Waals surface area contributed by atoms with Gasteiger partial charge in [0.05, 0.1) is 53.1 Å². The van der Waals surface area contributed by atoms with Gasteiger partial charge < -0.3 is 46.5 Å². The van der Waals surface area contributed by atoms with Crippen molar-refractivity contribution in [1.29, 1.82) is 0 Å². The summed E-state index contributed by atoms with van der Waals surface area (Å²) in [4.78, 5) is 13.9. The highest BCUT2D eigenvalue weighted by Gasteiger charge is 2.25. The zero-order valence-corrected chi connectivity index (χ0v) is 20.0. The third-order valence-electron chi connectivity index (χ3n) is 5.90. The first-order chi connectivity index (χ1) is 15.5. The Kier molecular flexibility index (Phi) is 9.94. The summed E-state index contributed by atoms with van der Waals surface area (Å²) in [6, 6.07) is 8.24. The molecule has 33 heavy (non-hydrogen) atoms. The smallest absolute Gasteiger partial charge is 0.338 e. The molecule has 1 heterocycles. The number of halogens is 1. The number of esters is 1. The number of likely N-dealkylation sites (tertiary alicyclic amines) is 1. The molecule has 1 aliphatic rings. The standard InChI is InChI=1S/C24H31NO7.ClH/c1-29-21-13-18(14-22(30-2)23(21)31-3)24(28)32-11-5-10-25-9-4-6-17(15-25)16-7-8-19(26)20(27)12-16;/h7-8,12-14,17,26-27H,4-6,9-11,15H2,1-3H3;1H. The Morgan fingerprint density at radius 2 is 1.73 bits per heavy atom. The van der Waals surface area contributed by atoms with Crippen molar-refractivity contribution in [3.05, 3.63) is 41.5 Å². The number of hydrogen-bond donors (Lipinski definition) is 3. The maximum Gasteiger partial charge on any atom is 0.338 e. The van der Waals surface area contributed by atoms with E-state index < -0.39 is 5.97 Å². The second-order valence-electron chi connectivity index (χ2n) is 7.94. The molecular weight excluding hydrogens is 450 g/mol. The summed E-state index contributed by atoms with van der Waals surface area (Å²) in [5.74, 6) is 0.973. The fraction of sp³-hybridized carbons (Fsp3) is 0.458. The Morgan fingerprint density at radius 3 is 2.33 bits per heavy atom. The molecule has 1 fully saturated rings. The van der Waals surface area contributed by atoms with Crippen LogP contribution in [0.4, 0.5) is 0 Å². The highest BCUT2D eigenvalue weighted by atomic mass is 35.5. The lowest BCUT2D eigenvalue weighted by molar-refractivity contribution is -0.906. The van der Waals surface area contributed by atoms with Crippen LogP contribution in [-0.2, 0) is 4.74 Å². The highest BCUT2D eigenvalue weighted by molar-refractivity contribution is 5.91. The van der Waals surface area contributed by atoms with Crippen LogP contribution in [0.15, 0.2) is 30.3 Å². The van der Waals surface area contributed by atoms with Crippen molar-refractivity contribution in [2.75, 3.05) is 47.6 Å². The molecule has 3 N–H and O–H groups in total. The number of methoxy groups -OCH3 is 3. The summed E-state index contributed by atoms with van der Waals surface area (Å²) in [5, 5.41) is 19.3. The number of benzene rings is 2. The monoisotopic (exact) mass is 481 g/mol. The molecule has 0 amide bonds. The molecule has 9 heteroatoms. The normalized spacial score (nSPS) is 17.5. The van der Waals surface area contributed by atoms with E-state index in [-0.39, 0.29) is 23.9 Å². The number of phenolic OH excluding ortho intramolecular Hbond substituents is 2. The first-order valence-corrected chi connectivity index (χ1v) is 10.8. The fourth-order valence-electron chi connectivity index (χ4n) is 4.23. The van der Waals surface area contributed by atoms with Gasteiger partial charge >= 0.3 is 5.97 Å². The largest absolute Gasteiger partial charge is 1.00 e. The van der Waals surface area contributed by atoms with E-state index in [1.807, 2.05) is 6.07 Å². The van der Waals surface area contributed by atoms with E-state index in [0.717, 1.165) is 44.5 Å². The molecule has 0 bridgehead atoms. The Labute approximate surface area is 200 Å². The van der Waals surface area contributed by atoms with E-state index in [9.17, 15) is 15.0 Å². The number of phenols is 2. The summed E-state index contributed by atoms with van der Waals surface area (Å²) in [5.41, 5.74) is 1.39. The molecule has 2 aromatic carbocycles. The Bertz CT molecular complexity index is 912. The highest BCUT2D eigenvalue weighted by Crippen LogP contribution is 2.38. The van der Waals surface area contributed by atoms with Crippen molar-refractivity contribution in [1.82, 2.24) is 0 Å². The van der Waals surface area contributed by atoms with E-state index >= 15 is 0 Å². The van der Waals surface area contributed by atoms with Crippen LogP contribution >= 0.6 is 0 Å². The van der Waals surface area contributed by atoms with Gasteiger partial charge in [0.15, 0.2) is 23.0 Å². The number of quaternary nitrogens is 1. The number of aromatic hydroxyl groups is 2. The summed E-state index contributed by atoms with van der Waals surface area (Å²) < 4.78 is 21.3. The van der Waals surface area contributed by atoms with Crippen molar-refractivity contribution < 1.29 is 51.3 Å². The quantitative estimate of drug-likeness (QED) is 0.243. The predicted octanol–water partition coefficient (Wildman–Crippen LogP) is -0.863. The lowest BCUT2D eigenvalue weighted by Crippen LogP contribution is -3.13. The minimum atomic E-state index is -0.435. The molecule has 2 atom stereocenters. The van der Waals surface area contributed by atoms with Gasteiger partial charge in [0.1, 0.15) is 0 Å². The Morgan fingerprint density at radius 1 is 1.03 bits per heavy atom. The molecule has 2 unspecified atom stereocenters. The number of carbonyl (C=O) groups is 1. The Balaban J connectivity index is 0.00000385. The molecule has 1 saturated heterocycles. The topological polar surface area (TPSA) is 98.9 Å². The molecule has 0 radical (unpaired) electrons. The van der Waals surface area contributed by atoms with E-state index in [2.05, 4.69) is 0 Å². The molecule has 8 nitrogen and oxygen atoms in total. The molecule has 0 aromatic heterocycles. The van der Waals surface area contributed by atoms with Gasteiger partial charge in [-0.1, -0.05) is 6.07 Å². The fourth-order valence-corrected chi connectivity index (χ4v) is 4.23. The number of hydrogen-bond acceptors (Lipinski definition) is 7. The minimum absolute atomic E-state index is 0. The molecule has 0 aliphatic carbocycles. The van der Waals surface area contributed by atoms with Crippen molar-refractivity contribution in [3.8, 4) is 28.7 Å². The predicted molar refractivity (Wildman–Crippen MR) is 118 cm³/mol. The van der Waals surface area contributed by atoms with E-state index in [1.54, 1.807) is 24.3 Å². The second-order valence-corrected chi connectivity index (χ2v) is 7.94. The van der Waals surface area contributed by atoms with E-state index in [4.69, 9.17) is 18.9 Å². The zero-order chi connectivity index (χ0) is 23.1. The third-order valence-corrected chi connectivity index (χ3v) is 5.90. The van der Waals surface area contributed by atoms with Gasteiger partial charge in [-0.3, -0.25) is 0 Å². The van der Waals surface area contributed by atoms with Crippen LogP contribution in [0.5, 0.6) is 28.7 Å². The molecular formula is C24H32ClNO7. The maximum atomic E-state index is 12.5. The van der Waals surface area contributed by atoms with Gasteiger partial charge in [-0.15, -0.1) is 0 Å². The van der Waals surface area contributed by atoms with Gasteiger partial charge in [0, 0.05) is 12.3 Å². The number of carbonyl (C=O) groups excluding carboxylic acids is 1.